The molecule has 5 nitrogen and oxygen atoms in total. The summed E-state index contributed by atoms with van der Waals surface area (Å²) in [4.78, 5) is 25.2. The van der Waals surface area contributed by atoms with Gasteiger partial charge >= 0.3 is 5.97 Å². The van der Waals surface area contributed by atoms with E-state index in [1.807, 2.05) is 32.0 Å². The number of carbonyl (C=O) groups excluding carboxylic acids is 1. The smallest absolute Gasteiger partial charge is 0.329 e. The van der Waals surface area contributed by atoms with Gasteiger partial charge in [-0.3, -0.25) is 4.79 Å². The molecule has 0 bridgehead atoms. The first-order valence-corrected chi connectivity index (χ1v) is 6.89. The van der Waals surface area contributed by atoms with Crippen LogP contribution in [0.1, 0.15) is 33.3 Å². The van der Waals surface area contributed by atoms with Gasteiger partial charge in [0.15, 0.2) is 0 Å². The molecule has 1 N–H and O–H groups in total. The van der Waals surface area contributed by atoms with E-state index in [9.17, 15) is 14.7 Å². The van der Waals surface area contributed by atoms with Crippen molar-refractivity contribution in [1.29, 1.82) is 0 Å². The van der Waals surface area contributed by atoms with Gasteiger partial charge < -0.3 is 14.7 Å². The quantitative estimate of drug-likeness (QED) is 0.874. The predicted octanol–water partition coefficient (Wildman–Crippen LogP) is 2.34. The maximum Gasteiger partial charge on any atom is 0.329 e. The monoisotopic (exact) mass is 293 g/mol. The number of ether oxygens (including phenoxy) is 1. The molecule has 1 unspecified atom stereocenters. The van der Waals surface area contributed by atoms with Crippen molar-refractivity contribution in [2.75, 3.05) is 7.11 Å². The summed E-state index contributed by atoms with van der Waals surface area (Å²) in [5, 5.41) is 9.69. The lowest BCUT2D eigenvalue weighted by molar-refractivity contribution is -0.159. The number of rotatable bonds is 6. The van der Waals surface area contributed by atoms with Crippen LogP contribution in [0.25, 0.3) is 0 Å². The number of benzene rings is 1. The summed E-state index contributed by atoms with van der Waals surface area (Å²) in [5.41, 5.74) is -0.564. The summed E-state index contributed by atoms with van der Waals surface area (Å²) in [6.07, 6.45) is 0.185. The van der Waals surface area contributed by atoms with E-state index >= 15 is 0 Å². The van der Waals surface area contributed by atoms with Gasteiger partial charge in [0.1, 0.15) is 11.3 Å². The van der Waals surface area contributed by atoms with Crippen molar-refractivity contribution in [1.82, 2.24) is 4.90 Å². The van der Waals surface area contributed by atoms with Gasteiger partial charge in [-0.2, -0.15) is 0 Å². The molecule has 0 heterocycles. The van der Waals surface area contributed by atoms with Crippen molar-refractivity contribution in [2.24, 2.45) is 0 Å². The van der Waals surface area contributed by atoms with E-state index in [0.717, 1.165) is 5.56 Å². The molecule has 1 amide bonds. The molecule has 0 aliphatic heterocycles. The number of nitrogens with zero attached hydrogens (tertiary/aromatic N) is 1. The van der Waals surface area contributed by atoms with E-state index in [2.05, 4.69) is 0 Å². The maximum atomic E-state index is 11.9. The number of hydrogen-bond donors (Lipinski definition) is 1. The molecule has 1 rings (SSSR count). The Morgan fingerprint density at radius 3 is 2.33 bits per heavy atom. The fourth-order valence-electron chi connectivity index (χ4n) is 2.76. The van der Waals surface area contributed by atoms with Crippen LogP contribution in [0.4, 0.5) is 0 Å². The minimum absolute atomic E-state index is 0.185. The molecule has 5 heteroatoms. The number of amides is 1. The van der Waals surface area contributed by atoms with Crippen molar-refractivity contribution < 1.29 is 19.4 Å². The Balaban J connectivity index is 3.28. The number of para-hydroxylation sites is 1. The zero-order valence-corrected chi connectivity index (χ0v) is 13.2. The Labute approximate surface area is 125 Å². The summed E-state index contributed by atoms with van der Waals surface area (Å²) >= 11 is 0. The van der Waals surface area contributed by atoms with Crippen LogP contribution in [0.5, 0.6) is 5.75 Å². The van der Waals surface area contributed by atoms with E-state index in [-0.39, 0.29) is 18.4 Å². The van der Waals surface area contributed by atoms with Crippen molar-refractivity contribution in [3.8, 4) is 5.75 Å². The van der Waals surface area contributed by atoms with Crippen LogP contribution in [0, 0.1) is 0 Å². The van der Waals surface area contributed by atoms with E-state index in [0.29, 0.717) is 5.75 Å². The Morgan fingerprint density at radius 1 is 1.33 bits per heavy atom. The van der Waals surface area contributed by atoms with Crippen LogP contribution in [-0.2, 0) is 16.0 Å². The number of carboxylic acid groups (broad SMARTS) is 1. The van der Waals surface area contributed by atoms with E-state index in [1.54, 1.807) is 20.1 Å². The van der Waals surface area contributed by atoms with Crippen molar-refractivity contribution >= 4 is 11.9 Å². The predicted molar refractivity (Wildman–Crippen MR) is 80.4 cm³/mol. The first-order valence-electron chi connectivity index (χ1n) is 6.89. The second-order valence-electron chi connectivity index (χ2n) is 5.55. The topological polar surface area (TPSA) is 66.8 Å². The van der Waals surface area contributed by atoms with Gasteiger partial charge in [0.05, 0.1) is 7.11 Å². The van der Waals surface area contributed by atoms with Crippen molar-refractivity contribution in [3.63, 3.8) is 0 Å². The molecular weight excluding hydrogens is 270 g/mol. The highest BCUT2D eigenvalue weighted by atomic mass is 16.5. The van der Waals surface area contributed by atoms with Gasteiger partial charge in [0, 0.05) is 19.4 Å². The SMILES string of the molecule is COc1ccccc1CC(C)(C(=O)O)N(C(C)=O)C(C)C. The average molecular weight is 293 g/mol. The lowest BCUT2D eigenvalue weighted by Gasteiger charge is -2.40. The molecule has 0 fully saturated rings. The Hall–Kier alpha value is -2.04. The fraction of sp³-hybridized carbons (Fsp3) is 0.500. The van der Waals surface area contributed by atoms with Crippen molar-refractivity contribution in [3.05, 3.63) is 29.8 Å². The van der Waals surface area contributed by atoms with Gasteiger partial charge in [0.2, 0.25) is 5.91 Å². The molecule has 21 heavy (non-hydrogen) atoms. The second-order valence-corrected chi connectivity index (χ2v) is 5.55. The largest absolute Gasteiger partial charge is 0.496 e. The molecule has 1 aromatic rings. The Morgan fingerprint density at radius 2 is 1.90 bits per heavy atom. The van der Waals surface area contributed by atoms with Crippen LogP contribution < -0.4 is 4.74 Å². The molecule has 116 valence electrons. The molecule has 1 atom stereocenters. The van der Waals surface area contributed by atoms with Gasteiger partial charge in [-0.1, -0.05) is 18.2 Å². The van der Waals surface area contributed by atoms with Gasteiger partial charge in [0.25, 0.3) is 0 Å². The number of carboxylic acids is 1. The zero-order valence-electron chi connectivity index (χ0n) is 13.2. The first-order chi connectivity index (χ1) is 9.74. The van der Waals surface area contributed by atoms with Crippen LogP contribution in [0.3, 0.4) is 0 Å². The molecule has 0 aliphatic carbocycles. The number of hydrogen-bond acceptors (Lipinski definition) is 3. The molecule has 0 aliphatic rings. The highest BCUT2D eigenvalue weighted by Gasteiger charge is 2.43. The van der Waals surface area contributed by atoms with Gasteiger partial charge in [-0.25, -0.2) is 4.79 Å². The lowest BCUT2D eigenvalue weighted by Crippen LogP contribution is -2.58. The number of methoxy groups -OCH3 is 1. The standard InChI is InChI=1S/C16H23NO4/c1-11(2)17(12(3)18)16(4,15(19)20)10-13-8-6-7-9-14(13)21-5/h6-9,11H,10H2,1-5H3,(H,19,20). The fourth-order valence-corrected chi connectivity index (χ4v) is 2.76. The molecule has 0 radical (unpaired) electrons. The number of carbonyl (C=O) groups is 2. The molecule has 0 saturated heterocycles. The van der Waals surface area contributed by atoms with Crippen LogP contribution in [-0.4, -0.2) is 40.6 Å². The summed E-state index contributed by atoms with van der Waals surface area (Å²) in [7, 11) is 1.54. The minimum Gasteiger partial charge on any atom is -0.496 e. The normalized spacial score (nSPS) is 13.6. The highest BCUT2D eigenvalue weighted by molar-refractivity contribution is 5.86. The molecule has 0 spiro atoms. The molecular formula is C16H23NO4. The average Bonchev–Trinajstić information content (AvgIpc) is 2.38. The lowest BCUT2D eigenvalue weighted by atomic mass is 9.89. The highest BCUT2D eigenvalue weighted by Crippen LogP contribution is 2.28. The van der Waals surface area contributed by atoms with Crippen LogP contribution in [0.15, 0.2) is 24.3 Å². The van der Waals surface area contributed by atoms with E-state index in [1.165, 1.54) is 11.8 Å². The van der Waals surface area contributed by atoms with E-state index in [4.69, 9.17) is 4.74 Å². The van der Waals surface area contributed by atoms with Crippen LogP contribution >= 0.6 is 0 Å². The molecule has 1 aromatic carbocycles. The third-order valence-corrected chi connectivity index (χ3v) is 3.58. The zero-order chi connectivity index (χ0) is 16.2. The summed E-state index contributed by atoms with van der Waals surface area (Å²) in [6.45, 7) is 6.59. The second kappa shape index (κ2) is 6.61. The van der Waals surface area contributed by atoms with E-state index < -0.39 is 11.5 Å². The van der Waals surface area contributed by atoms with Crippen molar-refractivity contribution in [2.45, 2.75) is 45.7 Å². The molecule has 0 aromatic heterocycles. The Bertz CT molecular complexity index is 527. The van der Waals surface area contributed by atoms with Gasteiger partial charge in [-0.15, -0.1) is 0 Å². The Kier molecular flexibility index (Phi) is 5.35. The first kappa shape index (κ1) is 17.0. The third-order valence-electron chi connectivity index (χ3n) is 3.58. The number of aliphatic carboxylic acids is 1. The molecule has 0 saturated carbocycles. The summed E-state index contributed by atoms with van der Waals surface area (Å²) in [5.74, 6) is -0.667. The summed E-state index contributed by atoms with van der Waals surface area (Å²) < 4.78 is 5.28. The minimum atomic E-state index is -1.32. The summed E-state index contributed by atoms with van der Waals surface area (Å²) in [6, 6.07) is 7.04. The maximum absolute atomic E-state index is 11.9. The van der Waals surface area contributed by atoms with Gasteiger partial charge in [-0.05, 0) is 32.4 Å². The third kappa shape index (κ3) is 3.54. The van der Waals surface area contributed by atoms with Crippen LogP contribution in [0.2, 0.25) is 0 Å².